The van der Waals surface area contributed by atoms with Gasteiger partial charge >= 0.3 is 6.09 Å². The van der Waals surface area contributed by atoms with Crippen molar-refractivity contribution in [2.75, 3.05) is 19.8 Å². The highest BCUT2D eigenvalue weighted by Gasteiger charge is 2.26. The molecule has 2 atom stereocenters. The Hall–Kier alpha value is -2.01. The predicted molar refractivity (Wildman–Crippen MR) is 176 cm³/mol. The summed E-state index contributed by atoms with van der Waals surface area (Å²) in [5, 5.41) is 4.93. The number of hydrogen-bond acceptors (Lipinski definition) is 7. The number of thiazole rings is 1. The van der Waals surface area contributed by atoms with Gasteiger partial charge in [-0.25, -0.2) is 13.2 Å². The molecule has 1 saturated heterocycles. The monoisotopic (exact) mass is 652 g/mol. The first-order chi connectivity index (χ1) is 21.3. The molecular formula is C34H56N2O6S2. The van der Waals surface area contributed by atoms with Gasteiger partial charge in [-0.15, -0.1) is 0 Å². The summed E-state index contributed by atoms with van der Waals surface area (Å²) in [5.74, 6) is 0.638. The molecule has 1 fully saturated rings. The summed E-state index contributed by atoms with van der Waals surface area (Å²) in [6.07, 6.45) is 22.9. The number of aromatic nitrogens is 1. The summed E-state index contributed by atoms with van der Waals surface area (Å²) >= 11 is 1.70. The highest BCUT2D eigenvalue weighted by atomic mass is 32.2. The maximum Gasteiger partial charge on any atom is 0.407 e. The van der Waals surface area contributed by atoms with Crippen LogP contribution in [0.15, 0.2) is 46.2 Å². The first-order valence-corrected chi connectivity index (χ1v) is 19.1. The van der Waals surface area contributed by atoms with Crippen LogP contribution in [0.25, 0.3) is 0 Å². The smallest absolute Gasteiger partial charge is 0.407 e. The van der Waals surface area contributed by atoms with Crippen LogP contribution in [0, 0.1) is 12.8 Å². The molecule has 0 spiro atoms. The van der Waals surface area contributed by atoms with Crippen LogP contribution in [0.4, 0.5) is 4.79 Å². The number of nitrogens with one attached hydrogen (secondary N) is 1. The molecule has 1 aliphatic heterocycles. The van der Waals surface area contributed by atoms with Gasteiger partial charge in [0.2, 0.25) is 5.51 Å². The molecule has 1 aromatic carbocycles. The molecule has 44 heavy (non-hydrogen) atoms. The van der Waals surface area contributed by atoms with Crippen molar-refractivity contribution in [2.24, 2.45) is 5.92 Å². The zero-order valence-corrected chi connectivity index (χ0v) is 28.7. The molecule has 0 saturated carbocycles. The lowest BCUT2D eigenvalue weighted by Gasteiger charge is -2.11. The Labute approximate surface area is 270 Å². The molecular weight excluding hydrogens is 597 g/mol. The molecule has 2 heterocycles. The van der Waals surface area contributed by atoms with Crippen LogP contribution in [-0.2, 0) is 26.1 Å². The maximum atomic E-state index is 11.9. The molecule has 1 N–H and O–H groups in total. The summed E-state index contributed by atoms with van der Waals surface area (Å²) in [6.45, 7) is 6.97. The summed E-state index contributed by atoms with van der Waals surface area (Å²) in [4.78, 5) is 11.7. The number of carbonyl (C=O) groups excluding carboxylic acids is 1. The number of benzene rings is 1. The Bertz CT molecular complexity index is 1090. The fourth-order valence-corrected chi connectivity index (χ4v) is 6.39. The van der Waals surface area contributed by atoms with E-state index in [-0.39, 0.29) is 17.1 Å². The first-order valence-electron chi connectivity index (χ1n) is 16.7. The number of amides is 1. The van der Waals surface area contributed by atoms with E-state index >= 15 is 0 Å². The number of alkyl carbamates (subject to hydrolysis) is 1. The maximum absolute atomic E-state index is 11.9. The minimum Gasteiger partial charge on any atom is -0.744 e. The van der Waals surface area contributed by atoms with Crippen LogP contribution in [-0.4, -0.2) is 44.9 Å². The van der Waals surface area contributed by atoms with Crippen molar-refractivity contribution >= 4 is 27.5 Å². The second-order valence-electron chi connectivity index (χ2n) is 12.0. The quantitative estimate of drug-likeness (QED) is 0.0833. The summed E-state index contributed by atoms with van der Waals surface area (Å²) in [6, 6.07) is 5.78. The normalized spacial score (nSPS) is 16.3. The Balaban J connectivity index is 0.000000514. The first kappa shape index (κ1) is 38.2. The molecule has 1 amide bonds. The van der Waals surface area contributed by atoms with Gasteiger partial charge in [0.05, 0.1) is 23.0 Å². The number of nitrogens with zero attached hydrogens (tertiary/aromatic N) is 1. The molecule has 0 radical (unpaired) electrons. The molecule has 1 aromatic heterocycles. The van der Waals surface area contributed by atoms with Gasteiger partial charge in [-0.3, -0.25) is 0 Å². The summed E-state index contributed by atoms with van der Waals surface area (Å²) in [5.41, 5.74) is 3.03. The molecule has 3 rings (SSSR count). The van der Waals surface area contributed by atoms with E-state index in [1.165, 1.54) is 95.6 Å². The SMILES string of the molecule is CCCCCCCCCCCCCC[C@@H]1CO[C@@H](COC(=O)NCCCC[n+]2ccsc2)C1.Cc1ccc(S(=O)(=O)[O-])cc1. The molecule has 0 unspecified atom stereocenters. The van der Waals surface area contributed by atoms with Crippen molar-refractivity contribution in [1.29, 1.82) is 0 Å². The lowest BCUT2D eigenvalue weighted by Crippen LogP contribution is -2.31. The average Bonchev–Trinajstić information content (AvgIpc) is 3.69. The van der Waals surface area contributed by atoms with Crippen LogP contribution in [0.1, 0.15) is 115 Å². The lowest BCUT2D eigenvalue weighted by molar-refractivity contribution is -0.692. The molecule has 2 aromatic rings. The van der Waals surface area contributed by atoms with Gasteiger partial charge in [-0.05, 0) is 44.2 Å². The third kappa shape index (κ3) is 18.7. The molecule has 0 bridgehead atoms. The van der Waals surface area contributed by atoms with E-state index in [1.54, 1.807) is 23.5 Å². The van der Waals surface area contributed by atoms with Gasteiger partial charge in [0.15, 0.2) is 6.20 Å². The predicted octanol–water partition coefficient (Wildman–Crippen LogP) is 7.94. The number of hydrogen-bond donors (Lipinski definition) is 1. The van der Waals surface area contributed by atoms with E-state index in [0.29, 0.717) is 19.1 Å². The third-order valence-corrected chi connectivity index (χ3v) is 9.50. The minimum atomic E-state index is -4.27. The highest BCUT2D eigenvalue weighted by molar-refractivity contribution is 7.85. The number of unbranched alkanes of at least 4 members (excludes halogenated alkanes) is 12. The van der Waals surface area contributed by atoms with Crippen LogP contribution in [0.3, 0.4) is 0 Å². The summed E-state index contributed by atoms with van der Waals surface area (Å²) < 4.78 is 44.6. The van der Waals surface area contributed by atoms with Crippen molar-refractivity contribution < 1.29 is 31.8 Å². The third-order valence-electron chi connectivity index (χ3n) is 7.98. The molecule has 1 aliphatic rings. The van der Waals surface area contributed by atoms with Gasteiger partial charge in [0.25, 0.3) is 0 Å². The molecule has 250 valence electrons. The Morgan fingerprint density at radius 3 is 2.20 bits per heavy atom. The average molecular weight is 653 g/mol. The van der Waals surface area contributed by atoms with Crippen molar-refractivity contribution in [1.82, 2.24) is 5.32 Å². The van der Waals surface area contributed by atoms with Gasteiger partial charge in [0, 0.05) is 13.0 Å². The fourth-order valence-electron chi connectivity index (χ4n) is 5.29. The van der Waals surface area contributed by atoms with E-state index in [9.17, 15) is 17.8 Å². The zero-order chi connectivity index (χ0) is 31.9. The van der Waals surface area contributed by atoms with Crippen molar-refractivity contribution in [3.8, 4) is 0 Å². The van der Waals surface area contributed by atoms with Crippen molar-refractivity contribution in [3.63, 3.8) is 0 Å². The summed E-state index contributed by atoms with van der Waals surface area (Å²) in [7, 11) is -4.27. The zero-order valence-electron chi connectivity index (χ0n) is 27.1. The van der Waals surface area contributed by atoms with E-state index < -0.39 is 10.1 Å². The number of rotatable bonds is 21. The van der Waals surface area contributed by atoms with Crippen LogP contribution in [0.2, 0.25) is 0 Å². The van der Waals surface area contributed by atoms with Crippen molar-refractivity contribution in [2.45, 2.75) is 134 Å². The lowest BCUT2D eigenvalue weighted by atomic mass is 9.97. The van der Waals surface area contributed by atoms with Crippen LogP contribution >= 0.6 is 11.3 Å². The Morgan fingerprint density at radius 1 is 0.977 bits per heavy atom. The van der Waals surface area contributed by atoms with Crippen LogP contribution < -0.4 is 9.88 Å². The Morgan fingerprint density at radius 2 is 1.61 bits per heavy atom. The molecule has 10 heteroatoms. The standard InChI is InChI=1S/C27H48N2O3S.C7H8O3S/c1-2-3-4-5-6-7-8-9-10-11-12-13-16-25-21-26(31-22-25)23-32-27(30)28-17-14-15-18-29-19-20-33-24-29;1-6-2-4-7(5-3-6)11(8,9)10/h19-20,24-26H,2-18,21-23H2,1H3;2-5H,1H3,(H,8,9,10)/t25-,26+;/m0./s1. The van der Waals surface area contributed by atoms with E-state index in [4.69, 9.17) is 9.47 Å². The number of carbonyl (C=O) groups is 1. The van der Waals surface area contributed by atoms with Gasteiger partial charge in [-0.2, -0.15) is 4.57 Å². The van der Waals surface area contributed by atoms with Gasteiger partial charge < -0.3 is 19.3 Å². The van der Waals surface area contributed by atoms with E-state index in [0.717, 1.165) is 38.0 Å². The topological polar surface area (TPSA) is 109 Å². The second kappa shape index (κ2) is 23.3. The van der Waals surface area contributed by atoms with Gasteiger partial charge in [-0.1, -0.05) is 113 Å². The largest absolute Gasteiger partial charge is 0.744 e. The van der Waals surface area contributed by atoms with Crippen LogP contribution in [0.5, 0.6) is 0 Å². The minimum absolute atomic E-state index is 0.0769. The fraction of sp³-hybridized carbons (Fsp3) is 0.706. The van der Waals surface area contributed by atoms with Gasteiger partial charge in [0.1, 0.15) is 23.3 Å². The molecule has 8 nitrogen and oxygen atoms in total. The van der Waals surface area contributed by atoms with E-state index in [1.807, 2.05) is 6.92 Å². The highest BCUT2D eigenvalue weighted by Crippen LogP contribution is 2.25. The second-order valence-corrected chi connectivity index (χ2v) is 14.1. The van der Waals surface area contributed by atoms with Crippen molar-refractivity contribution in [3.05, 3.63) is 46.9 Å². The number of aryl methyl sites for hydroxylation is 2. The number of ether oxygens (including phenoxy) is 2. The Kier molecular flexibility index (Phi) is 20.3. The van der Waals surface area contributed by atoms with E-state index in [2.05, 4.69) is 33.9 Å². The molecule has 0 aliphatic carbocycles.